The highest BCUT2D eigenvalue weighted by atomic mass is 16.1. The van der Waals surface area contributed by atoms with Gasteiger partial charge in [-0.3, -0.25) is 4.79 Å². The summed E-state index contributed by atoms with van der Waals surface area (Å²) in [6.45, 7) is 4.87. The third kappa shape index (κ3) is 4.61. The summed E-state index contributed by atoms with van der Waals surface area (Å²) in [7, 11) is 0. The zero-order valence-corrected chi connectivity index (χ0v) is 12.9. The molecule has 0 aromatic heterocycles. The number of rotatable bonds is 2. The average Bonchev–Trinajstić information content (AvgIpc) is 2.44. The minimum atomic E-state index is -0.00546. The Labute approximate surface area is 127 Å². The van der Waals surface area contributed by atoms with Crippen molar-refractivity contribution in [1.82, 2.24) is 5.32 Å². The van der Waals surface area contributed by atoms with Crippen LogP contribution in [0, 0.1) is 17.3 Å². The fourth-order valence-electron chi connectivity index (χ4n) is 2.98. The minimum absolute atomic E-state index is 0.00546. The van der Waals surface area contributed by atoms with Gasteiger partial charge in [0, 0.05) is 17.2 Å². The highest BCUT2D eigenvalue weighted by molar-refractivity contribution is 5.94. The Hall–Kier alpha value is -1.79. The van der Waals surface area contributed by atoms with Crippen molar-refractivity contribution in [2.24, 2.45) is 11.1 Å². The standard InChI is InChI=1S/C18H24N2O/c1-18(2)10-4-9-16(13-18)20-17(21)15-8-3-6-14(12-15)7-5-11-19/h3,6,8,12,16H,4,9-11,13,19H2,1-2H3,(H,20,21). The van der Waals surface area contributed by atoms with Crippen LogP contribution in [0.25, 0.3) is 0 Å². The Morgan fingerprint density at radius 2 is 2.29 bits per heavy atom. The number of carbonyl (C=O) groups is 1. The van der Waals surface area contributed by atoms with E-state index in [1.54, 1.807) is 0 Å². The van der Waals surface area contributed by atoms with Gasteiger partial charge in [0.1, 0.15) is 0 Å². The smallest absolute Gasteiger partial charge is 0.251 e. The molecule has 0 spiro atoms. The summed E-state index contributed by atoms with van der Waals surface area (Å²) < 4.78 is 0. The van der Waals surface area contributed by atoms with Crippen molar-refractivity contribution < 1.29 is 4.79 Å². The molecule has 1 saturated carbocycles. The Bertz CT molecular complexity index is 566. The van der Waals surface area contributed by atoms with Gasteiger partial charge in [0.25, 0.3) is 5.91 Å². The van der Waals surface area contributed by atoms with Crippen molar-refractivity contribution >= 4 is 5.91 Å². The summed E-state index contributed by atoms with van der Waals surface area (Å²) in [5.74, 6) is 5.76. The molecule has 3 nitrogen and oxygen atoms in total. The lowest BCUT2D eigenvalue weighted by molar-refractivity contribution is 0.0902. The van der Waals surface area contributed by atoms with Crippen LogP contribution in [-0.2, 0) is 0 Å². The molecule has 3 N–H and O–H groups in total. The van der Waals surface area contributed by atoms with Crippen LogP contribution in [0.5, 0.6) is 0 Å². The summed E-state index contributed by atoms with van der Waals surface area (Å²) in [5, 5.41) is 3.16. The molecule has 1 unspecified atom stereocenters. The molecular weight excluding hydrogens is 260 g/mol. The second kappa shape index (κ2) is 6.78. The van der Waals surface area contributed by atoms with E-state index in [9.17, 15) is 4.79 Å². The molecule has 1 aliphatic carbocycles. The maximum atomic E-state index is 12.4. The molecule has 1 fully saturated rings. The van der Waals surface area contributed by atoms with Crippen LogP contribution in [0.15, 0.2) is 24.3 Å². The lowest BCUT2D eigenvalue weighted by Gasteiger charge is -2.35. The molecule has 3 heteroatoms. The normalized spacial score (nSPS) is 20.2. The summed E-state index contributed by atoms with van der Waals surface area (Å²) in [6.07, 6.45) is 4.54. The van der Waals surface area contributed by atoms with E-state index < -0.39 is 0 Å². The van der Waals surface area contributed by atoms with Gasteiger partial charge in [-0.2, -0.15) is 0 Å². The van der Waals surface area contributed by atoms with Gasteiger partial charge in [0.15, 0.2) is 0 Å². The molecule has 1 aliphatic rings. The molecule has 0 bridgehead atoms. The van der Waals surface area contributed by atoms with E-state index in [2.05, 4.69) is 31.0 Å². The van der Waals surface area contributed by atoms with Gasteiger partial charge in [-0.05, 0) is 42.9 Å². The number of carbonyl (C=O) groups excluding carboxylic acids is 1. The van der Waals surface area contributed by atoms with Gasteiger partial charge in [-0.1, -0.05) is 38.2 Å². The fraction of sp³-hybridized carbons (Fsp3) is 0.500. The Morgan fingerprint density at radius 1 is 1.48 bits per heavy atom. The van der Waals surface area contributed by atoms with Crippen LogP contribution in [0.4, 0.5) is 0 Å². The van der Waals surface area contributed by atoms with Crippen molar-refractivity contribution in [3.05, 3.63) is 35.4 Å². The van der Waals surface area contributed by atoms with E-state index in [0.717, 1.165) is 18.4 Å². The summed E-state index contributed by atoms with van der Waals surface area (Å²) in [4.78, 5) is 12.4. The first-order valence-corrected chi connectivity index (χ1v) is 7.60. The molecule has 1 atom stereocenters. The average molecular weight is 284 g/mol. The van der Waals surface area contributed by atoms with Crippen LogP contribution >= 0.6 is 0 Å². The molecule has 0 heterocycles. The van der Waals surface area contributed by atoms with E-state index in [1.165, 1.54) is 12.8 Å². The predicted octanol–water partition coefficient (Wildman–Crippen LogP) is 2.70. The van der Waals surface area contributed by atoms with Gasteiger partial charge in [0.2, 0.25) is 0 Å². The molecule has 112 valence electrons. The summed E-state index contributed by atoms with van der Waals surface area (Å²) in [6, 6.07) is 7.69. The van der Waals surface area contributed by atoms with Crippen LogP contribution in [0.2, 0.25) is 0 Å². The number of hydrogen-bond donors (Lipinski definition) is 2. The quantitative estimate of drug-likeness (QED) is 0.820. The Morgan fingerprint density at radius 3 is 3.00 bits per heavy atom. The van der Waals surface area contributed by atoms with Crippen molar-refractivity contribution in [2.45, 2.75) is 45.6 Å². The molecule has 21 heavy (non-hydrogen) atoms. The Balaban J connectivity index is 2.03. The van der Waals surface area contributed by atoms with Crippen molar-refractivity contribution in [1.29, 1.82) is 0 Å². The van der Waals surface area contributed by atoms with Gasteiger partial charge < -0.3 is 11.1 Å². The third-order valence-electron chi connectivity index (χ3n) is 4.00. The maximum absolute atomic E-state index is 12.4. The zero-order valence-electron chi connectivity index (χ0n) is 12.9. The van der Waals surface area contributed by atoms with Crippen LogP contribution < -0.4 is 11.1 Å². The van der Waals surface area contributed by atoms with Crippen molar-refractivity contribution in [3.63, 3.8) is 0 Å². The minimum Gasteiger partial charge on any atom is -0.349 e. The van der Waals surface area contributed by atoms with Crippen molar-refractivity contribution in [3.8, 4) is 11.8 Å². The Kier molecular flexibility index (Phi) is 5.03. The first kappa shape index (κ1) is 15.6. The van der Waals surface area contributed by atoms with Crippen LogP contribution in [0.1, 0.15) is 55.5 Å². The first-order chi connectivity index (χ1) is 10.00. The van der Waals surface area contributed by atoms with Gasteiger partial charge in [0.05, 0.1) is 6.54 Å². The number of benzene rings is 1. The van der Waals surface area contributed by atoms with E-state index >= 15 is 0 Å². The topological polar surface area (TPSA) is 55.1 Å². The number of nitrogens with one attached hydrogen (secondary N) is 1. The summed E-state index contributed by atoms with van der Waals surface area (Å²) >= 11 is 0. The molecule has 0 aliphatic heterocycles. The molecular formula is C18H24N2O. The second-order valence-corrected chi connectivity index (χ2v) is 6.52. The monoisotopic (exact) mass is 284 g/mol. The van der Waals surface area contributed by atoms with Gasteiger partial charge in [-0.15, -0.1) is 0 Å². The largest absolute Gasteiger partial charge is 0.349 e. The van der Waals surface area contributed by atoms with E-state index in [-0.39, 0.29) is 11.9 Å². The lowest BCUT2D eigenvalue weighted by atomic mass is 9.75. The van der Waals surface area contributed by atoms with E-state index in [0.29, 0.717) is 17.5 Å². The van der Waals surface area contributed by atoms with E-state index in [1.807, 2.05) is 24.3 Å². The maximum Gasteiger partial charge on any atom is 0.251 e. The van der Waals surface area contributed by atoms with Gasteiger partial charge >= 0.3 is 0 Å². The highest BCUT2D eigenvalue weighted by Crippen LogP contribution is 2.35. The lowest BCUT2D eigenvalue weighted by Crippen LogP contribution is -2.40. The zero-order chi connectivity index (χ0) is 15.3. The SMILES string of the molecule is CC1(C)CCCC(NC(=O)c2cccc(C#CCN)c2)C1. The van der Waals surface area contributed by atoms with E-state index in [4.69, 9.17) is 5.73 Å². The molecule has 1 amide bonds. The number of hydrogen-bond acceptors (Lipinski definition) is 2. The molecule has 1 aromatic carbocycles. The molecule has 1 aromatic rings. The molecule has 2 rings (SSSR count). The molecule has 0 saturated heterocycles. The van der Waals surface area contributed by atoms with Gasteiger partial charge in [-0.25, -0.2) is 0 Å². The van der Waals surface area contributed by atoms with Crippen LogP contribution in [0.3, 0.4) is 0 Å². The fourth-order valence-corrected chi connectivity index (χ4v) is 2.98. The predicted molar refractivity (Wildman–Crippen MR) is 85.9 cm³/mol. The summed E-state index contributed by atoms with van der Waals surface area (Å²) in [5.41, 5.74) is 7.19. The second-order valence-electron chi connectivity index (χ2n) is 6.52. The molecule has 0 radical (unpaired) electrons. The van der Waals surface area contributed by atoms with Crippen LogP contribution in [-0.4, -0.2) is 18.5 Å². The first-order valence-electron chi connectivity index (χ1n) is 7.60. The number of nitrogens with two attached hydrogens (primary N) is 1. The number of amides is 1. The highest BCUT2D eigenvalue weighted by Gasteiger charge is 2.28. The van der Waals surface area contributed by atoms with Crippen molar-refractivity contribution in [2.75, 3.05) is 6.54 Å². The third-order valence-corrected chi connectivity index (χ3v) is 4.00.